The average Bonchev–Trinajstić information content (AvgIpc) is 2.34. The second kappa shape index (κ2) is 6.80. The number of hydrogen-bond acceptors (Lipinski definition) is 4. The first-order chi connectivity index (χ1) is 8.50. The Labute approximate surface area is 104 Å². The van der Waals surface area contributed by atoms with Crippen LogP contribution in [0.5, 0.6) is 0 Å². The number of hydrogen-bond donors (Lipinski definition) is 3. The summed E-state index contributed by atoms with van der Waals surface area (Å²) in [5.41, 5.74) is 4.94. The third-order valence-electron chi connectivity index (χ3n) is 2.57. The van der Waals surface area contributed by atoms with Crippen LogP contribution in [0.15, 0.2) is 0 Å². The minimum absolute atomic E-state index is 0.0131. The number of carboxylic acid groups (broad SMARTS) is 1. The summed E-state index contributed by atoms with van der Waals surface area (Å²) in [6.45, 7) is 1.72. The fourth-order valence-corrected chi connectivity index (χ4v) is 1.55. The van der Waals surface area contributed by atoms with Crippen LogP contribution in [0, 0.1) is 0 Å². The monoisotopic (exact) mass is 259 g/mol. The zero-order chi connectivity index (χ0) is 13.5. The minimum Gasteiger partial charge on any atom is -0.480 e. The van der Waals surface area contributed by atoms with Gasteiger partial charge in [0.25, 0.3) is 0 Å². The number of carboxylic acids is 1. The Hall–Kier alpha value is -1.83. The van der Waals surface area contributed by atoms with E-state index in [4.69, 9.17) is 15.6 Å². The maximum atomic E-state index is 11.7. The summed E-state index contributed by atoms with van der Waals surface area (Å²) in [7, 11) is 0. The van der Waals surface area contributed by atoms with Gasteiger partial charge in [-0.3, -0.25) is 4.79 Å². The first-order valence-corrected chi connectivity index (χ1v) is 5.65. The van der Waals surface area contributed by atoms with Crippen molar-refractivity contribution < 1.29 is 24.2 Å². The Morgan fingerprint density at radius 3 is 2.44 bits per heavy atom. The number of ether oxygens (including phenoxy) is 1. The van der Waals surface area contributed by atoms with Crippen LogP contribution in [0.3, 0.4) is 0 Å². The molecule has 0 aliphatic carbocycles. The van der Waals surface area contributed by atoms with E-state index in [1.54, 1.807) is 0 Å². The summed E-state index contributed by atoms with van der Waals surface area (Å²) in [4.78, 5) is 34.7. The molecule has 4 N–H and O–H groups in total. The van der Waals surface area contributed by atoms with Crippen LogP contribution in [-0.2, 0) is 14.3 Å². The fourth-order valence-electron chi connectivity index (χ4n) is 1.55. The summed E-state index contributed by atoms with van der Waals surface area (Å²) < 4.78 is 5.08. The van der Waals surface area contributed by atoms with Crippen molar-refractivity contribution >= 4 is 17.9 Å². The van der Waals surface area contributed by atoms with Crippen LogP contribution in [0.25, 0.3) is 0 Å². The highest BCUT2D eigenvalue weighted by Gasteiger charge is 2.24. The lowest BCUT2D eigenvalue weighted by Gasteiger charge is -2.28. The van der Waals surface area contributed by atoms with Gasteiger partial charge >= 0.3 is 12.0 Å². The lowest BCUT2D eigenvalue weighted by Crippen LogP contribution is -2.51. The van der Waals surface area contributed by atoms with Crippen LogP contribution < -0.4 is 11.1 Å². The van der Waals surface area contributed by atoms with Crippen molar-refractivity contribution in [1.29, 1.82) is 0 Å². The van der Waals surface area contributed by atoms with Crippen LogP contribution in [0.4, 0.5) is 4.79 Å². The lowest BCUT2D eigenvalue weighted by atomic mass is 10.1. The Kier molecular flexibility index (Phi) is 5.37. The van der Waals surface area contributed by atoms with Gasteiger partial charge in [0.1, 0.15) is 6.04 Å². The number of aliphatic carboxylic acids is 1. The number of nitrogens with two attached hydrogens (primary N) is 1. The zero-order valence-corrected chi connectivity index (χ0v) is 9.92. The van der Waals surface area contributed by atoms with Crippen molar-refractivity contribution in [3.63, 3.8) is 0 Å². The zero-order valence-electron chi connectivity index (χ0n) is 9.92. The van der Waals surface area contributed by atoms with Crippen LogP contribution >= 0.6 is 0 Å². The Morgan fingerprint density at radius 1 is 1.33 bits per heavy atom. The maximum Gasteiger partial charge on any atom is 0.326 e. The number of morpholine rings is 1. The molecule has 1 aliphatic rings. The van der Waals surface area contributed by atoms with Crippen molar-refractivity contribution in [3.8, 4) is 0 Å². The molecule has 0 saturated carbocycles. The molecule has 0 unspecified atom stereocenters. The normalized spacial score (nSPS) is 17.0. The summed E-state index contributed by atoms with van der Waals surface area (Å²) in [6.07, 6.45) is -0.0961. The SMILES string of the molecule is NC(=O)CC[C@H](NC(=O)N1CCOCC1)C(=O)O. The van der Waals surface area contributed by atoms with E-state index in [0.29, 0.717) is 26.3 Å². The van der Waals surface area contributed by atoms with E-state index in [9.17, 15) is 14.4 Å². The molecule has 0 aromatic rings. The maximum absolute atomic E-state index is 11.7. The van der Waals surface area contributed by atoms with Crippen LogP contribution in [0.2, 0.25) is 0 Å². The Bertz CT molecular complexity index is 327. The number of primary amides is 1. The molecule has 1 aliphatic heterocycles. The molecule has 0 radical (unpaired) electrons. The molecular formula is C10H17N3O5. The van der Waals surface area contributed by atoms with Crippen molar-refractivity contribution in [2.75, 3.05) is 26.3 Å². The van der Waals surface area contributed by atoms with Crippen molar-refractivity contribution in [2.24, 2.45) is 5.73 Å². The quantitative estimate of drug-likeness (QED) is 0.569. The van der Waals surface area contributed by atoms with E-state index >= 15 is 0 Å². The second-order valence-electron chi connectivity index (χ2n) is 3.94. The van der Waals surface area contributed by atoms with Gasteiger partial charge in [0.2, 0.25) is 5.91 Å². The van der Waals surface area contributed by atoms with Gasteiger partial charge in [-0.2, -0.15) is 0 Å². The molecule has 1 atom stereocenters. The van der Waals surface area contributed by atoms with Crippen molar-refractivity contribution in [2.45, 2.75) is 18.9 Å². The topological polar surface area (TPSA) is 122 Å². The molecule has 1 saturated heterocycles. The molecule has 0 bridgehead atoms. The van der Waals surface area contributed by atoms with Crippen LogP contribution in [-0.4, -0.2) is 60.3 Å². The Balaban J connectivity index is 2.46. The minimum atomic E-state index is -1.18. The van der Waals surface area contributed by atoms with Gasteiger partial charge in [0.05, 0.1) is 13.2 Å². The predicted molar refractivity (Wildman–Crippen MR) is 60.8 cm³/mol. The van der Waals surface area contributed by atoms with Gasteiger partial charge in [0, 0.05) is 19.5 Å². The summed E-state index contributed by atoms with van der Waals surface area (Å²) in [6, 6.07) is -1.57. The van der Waals surface area contributed by atoms with E-state index in [-0.39, 0.29) is 12.8 Å². The molecule has 8 nitrogen and oxygen atoms in total. The number of urea groups is 1. The Morgan fingerprint density at radius 2 is 1.94 bits per heavy atom. The van der Waals surface area contributed by atoms with Crippen LogP contribution in [0.1, 0.15) is 12.8 Å². The van der Waals surface area contributed by atoms with Gasteiger partial charge < -0.3 is 25.8 Å². The van der Waals surface area contributed by atoms with E-state index in [2.05, 4.69) is 5.32 Å². The van der Waals surface area contributed by atoms with Gasteiger partial charge in [-0.05, 0) is 6.42 Å². The molecule has 1 rings (SSSR count). The van der Waals surface area contributed by atoms with Gasteiger partial charge in [-0.15, -0.1) is 0 Å². The van der Waals surface area contributed by atoms with Gasteiger partial charge in [-0.25, -0.2) is 9.59 Å². The second-order valence-corrected chi connectivity index (χ2v) is 3.94. The molecular weight excluding hydrogens is 242 g/mol. The summed E-state index contributed by atoms with van der Waals surface area (Å²) >= 11 is 0. The first-order valence-electron chi connectivity index (χ1n) is 5.65. The molecule has 102 valence electrons. The number of rotatable bonds is 5. The van der Waals surface area contributed by atoms with E-state index in [0.717, 1.165) is 0 Å². The summed E-state index contributed by atoms with van der Waals surface area (Å²) in [5.74, 6) is -1.78. The number of amides is 3. The highest BCUT2D eigenvalue weighted by atomic mass is 16.5. The molecule has 0 spiro atoms. The molecule has 3 amide bonds. The predicted octanol–water partition coefficient (Wildman–Crippen LogP) is -1.25. The third-order valence-corrected chi connectivity index (χ3v) is 2.57. The molecule has 18 heavy (non-hydrogen) atoms. The van der Waals surface area contributed by atoms with Crippen molar-refractivity contribution in [1.82, 2.24) is 10.2 Å². The molecule has 0 aromatic heterocycles. The smallest absolute Gasteiger partial charge is 0.326 e. The number of carbonyl (C=O) groups excluding carboxylic acids is 2. The standard InChI is InChI=1S/C10H17N3O5/c11-8(14)2-1-7(9(15)16)12-10(17)13-3-5-18-6-4-13/h7H,1-6H2,(H2,11,14)(H,12,17)(H,15,16)/t7-/m0/s1. The average molecular weight is 259 g/mol. The first kappa shape index (κ1) is 14.2. The number of nitrogens with zero attached hydrogens (tertiary/aromatic N) is 1. The lowest BCUT2D eigenvalue weighted by molar-refractivity contribution is -0.139. The van der Waals surface area contributed by atoms with E-state index in [1.807, 2.05) is 0 Å². The fraction of sp³-hybridized carbons (Fsp3) is 0.700. The summed E-state index contributed by atoms with van der Waals surface area (Å²) in [5, 5.41) is 11.3. The molecule has 8 heteroatoms. The van der Waals surface area contributed by atoms with Crippen molar-refractivity contribution in [3.05, 3.63) is 0 Å². The molecule has 1 heterocycles. The largest absolute Gasteiger partial charge is 0.480 e. The van der Waals surface area contributed by atoms with Gasteiger partial charge in [0.15, 0.2) is 0 Å². The van der Waals surface area contributed by atoms with Gasteiger partial charge in [-0.1, -0.05) is 0 Å². The third kappa shape index (κ3) is 4.58. The van der Waals surface area contributed by atoms with E-state index < -0.39 is 23.9 Å². The molecule has 1 fully saturated rings. The highest BCUT2D eigenvalue weighted by Crippen LogP contribution is 2.02. The van der Waals surface area contributed by atoms with E-state index in [1.165, 1.54) is 4.90 Å². The molecule has 0 aromatic carbocycles. The highest BCUT2D eigenvalue weighted by molar-refractivity contribution is 5.83. The number of nitrogens with one attached hydrogen (secondary N) is 1. The number of carbonyl (C=O) groups is 3.